The van der Waals surface area contributed by atoms with Crippen LogP contribution < -0.4 is 15.4 Å². The molecule has 5 heteroatoms. The molecule has 2 aromatic rings. The van der Waals surface area contributed by atoms with Crippen molar-refractivity contribution in [2.75, 3.05) is 18.5 Å². The number of urea groups is 1. The van der Waals surface area contributed by atoms with Crippen molar-refractivity contribution in [3.05, 3.63) is 59.4 Å². The molecule has 2 rings (SSSR count). The van der Waals surface area contributed by atoms with Gasteiger partial charge in [-0.15, -0.1) is 0 Å². The molecule has 0 aliphatic rings. The zero-order valence-electron chi connectivity index (χ0n) is 12.7. The Hall–Kier alpha value is -2.56. The highest BCUT2D eigenvalue weighted by Crippen LogP contribution is 2.16. The summed E-state index contributed by atoms with van der Waals surface area (Å²) in [6.07, 6.45) is 0. The average Bonchev–Trinajstić information content (AvgIpc) is 2.47. The Kier molecular flexibility index (Phi) is 5.36. The number of aryl methyl sites for hydroxylation is 2. The van der Waals surface area contributed by atoms with Crippen molar-refractivity contribution in [2.45, 2.75) is 13.8 Å². The van der Waals surface area contributed by atoms with E-state index in [1.807, 2.05) is 32.0 Å². The highest BCUT2D eigenvalue weighted by molar-refractivity contribution is 5.89. The molecule has 0 bridgehead atoms. The van der Waals surface area contributed by atoms with Crippen LogP contribution in [-0.2, 0) is 0 Å². The molecule has 0 radical (unpaired) electrons. The first-order valence-corrected chi connectivity index (χ1v) is 7.05. The minimum atomic E-state index is -0.394. The maximum Gasteiger partial charge on any atom is 0.319 e. The molecule has 116 valence electrons. The van der Waals surface area contributed by atoms with Crippen LogP contribution in [0.25, 0.3) is 0 Å². The molecule has 2 aromatic carbocycles. The molecule has 0 aliphatic heterocycles. The fourth-order valence-corrected chi connectivity index (χ4v) is 1.88. The third-order valence-corrected chi connectivity index (χ3v) is 3.22. The molecule has 0 atom stereocenters. The van der Waals surface area contributed by atoms with Crippen LogP contribution in [-0.4, -0.2) is 19.2 Å². The van der Waals surface area contributed by atoms with E-state index in [4.69, 9.17) is 4.74 Å². The number of hydrogen-bond donors (Lipinski definition) is 2. The predicted octanol–water partition coefficient (Wildman–Crippen LogP) is 3.64. The lowest BCUT2D eigenvalue weighted by Crippen LogP contribution is -2.32. The highest BCUT2D eigenvalue weighted by Gasteiger charge is 2.02. The van der Waals surface area contributed by atoms with Crippen molar-refractivity contribution in [3.63, 3.8) is 0 Å². The Labute approximate surface area is 129 Å². The van der Waals surface area contributed by atoms with Crippen LogP contribution in [0.4, 0.5) is 14.9 Å². The smallest absolute Gasteiger partial charge is 0.319 e. The first-order valence-electron chi connectivity index (χ1n) is 7.05. The summed E-state index contributed by atoms with van der Waals surface area (Å²) in [5.74, 6) is 0.381. The van der Waals surface area contributed by atoms with Crippen molar-refractivity contribution in [2.24, 2.45) is 0 Å². The SMILES string of the molecule is Cc1ccc(OCCNC(=O)Nc2cccc(F)c2)cc1C. The molecule has 0 fully saturated rings. The van der Waals surface area contributed by atoms with Gasteiger partial charge in [-0.3, -0.25) is 0 Å². The molecule has 0 spiro atoms. The minimum absolute atomic E-state index is 0.355. The number of ether oxygens (including phenoxy) is 1. The summed E-state index contributed by atoms with van der Waals surface area (Å²) in [4.78, 5) is 11.6. The number of hydrogen-bond acceptors (Lipinski definition) is 2. The number of amides is 2. The van der Waals surface area contributed by atoms with Gasteiger partial charge in [0.15, 0.2) is 0 Å². The Balaban J connectivity index is 1.72. The molecule has 0 unspecified atom stereocenters. The van der Waals surface area contributed by atoms with Gasteiger partial charge in [0.1, 0.15) is 18.2 Å². The lowest BCUT2D eigenvalue weighted by molar-refractivity contribution is 0.247. The van der Waals surface area contributed by atoms with Crippen LogP contribution in [0, 0.1) is 19.7 Å². The van der Waals surface area contributed by atoms with Gasteiger partial charge in [0.05, 0.1) is 6.54 Å². The molecule has 2 amide bonds. The maximum absolute atomic E-state index is 13.0. The van der Waals surface area contributed by atoms with E-state index in [2.05, 4.69) is 10.6 Å². The van der Waals surface area contributed by atoms with Gasteiger partial charge in [0, 0.05) is 5.69 Å². The largest absolute Gasteiger partial charge is 0.492 e. The van der Waals surface area contributed by atoms with Gasteiger partial charge >= 0.3 is 6.03 Å². The number of halogens is 1. The molecule has 0 heterocycles. The second-order valence-corrected chi connectivity index (χ2v) is 4.99. The van der Waals surface area contributed by atoms with Gasteiger partial charge in [0.25, 0.3) is 0 Å². The van der Waals surface area contributed by atoms with Gasteiger partial charge in [-0.2, -0.15) is 0 Å². The summed E-state index contributed by atoms with van der Waals surface area (Å²) < 4.78 is 18.5. The van der Waals surface area contributed by atoms with Crippen LogP contribution in [0.15, 0.2) is 42.5 Å². The lowest BCUT2D eigenvalue weighted by Gasteiger charge is -2.10. The monoisotopic (exact) mass is 302 g/mol. The molecule has 0 saturated carbocycles. The van der Waals surface area contributed by atoms with Gasteiger partial charge in [0.2, 0.25) is 0 Å². The highest BCUT2D eigenvalue weighted by atomic mass is 19.1. The van der Waals surface area contributed by atoms with Crippen LogP contribution in [0.3, 0.4) is 0 Å². The molecule has 4 nitrogen and oxygen atoms in total. The molecular formula is C17H19FN2O2. The fraction of sp³-hybridized carbons (Fsp3) is 0.235. The van der Waals surface area contributed by atoms with Crippen molar-refractivity contribution in [1.29, 1.82) is 0 Å². The zero-order valence-corrected chi connectivity index (χ0v) is 12.7. The Morgan fingerprint density at radius 3 is 2.68 bits per heavy atom. The number of benzene rings is 2. The van der Waals surface area contributed by atoms with Crippen molar-refractivity contribution in [1.82, 2.24) is 5.32 Å². The van der Waals surface area contributed by atoms with E-state index in [9.17, 15) is 9.18 Å². The molecular weight excluding hydrogens is 283 g/mol. The summed E-state index contributed by atoms with van der Waals surface area (Å²) in [5.41, 5.74) is 2.78. The van der Waals surface area contributed by atoms with Gasteiger partial charge < -0.3 is 15.4 Å². The van der Waals surface area contributed by atoms with Crippen LogP contribution in [0.5, 0.6) is 5.75 Å². The van der Waals surface area contributed by atoms with Crippen LogP contribution >= 0.6 is 0 Å². The van der Waals surface area contributed by atoms with E-state index in [1.165, 1.54) is 23.8 Å². The zero-order chi connectivity index (χ0) is 15.9. The van der Waals surface area contributed by atoms with Crippen LogP contribution in [0.1, 0.15) is 11.1 Å². The van der Waals surface area contributed by atoms with Gasteiger partial charge in [-0.25, -0.2) is 9.18 Å². The summed E-state index contributed by atoms with van der Waals surface area (Å²) in [6.45, 7) is 4.78. The maximum atomic E-state index is 13.0. The molecule has 2 N–H and O–H groups in total. The first-order chi connectivity index (χ1) is 10.5. The quantitative estimate of drug-likeness (QED) is 0.828. The summed E-state index contributed by atoms with van der Waals surface area (Å²) in [5, 5.41) is 5.20. The van der Waals surface area contributed by atoms with E-state index in [-0.39, 0.29) is 0 Å². The number of anilines is 1. The number of nitrogens with one attached hydrogen (secondary N) is 2. The average molecular weight is 302 g/mol. The third-order valence-electron chi connectivity index (χ3n) is 3.22. The minimum Gasteiger partial charge on any atom is -0.492 e. The normalized spacial score (nSPS) is 10.1. The van der Waals surface area contributed by atoms with E-state index in [1.54, 1.807) is 6.07 Å². The van der Waals surface area contributed by atoms with E-state index >= 15 is 0 Å². The van der Waals surface area contributed by atoms with Crippen molar-refractivity contribution >= 4 is 11.7 Å². The standard InChI is InChI=1S/C17H19FN2O2/c1-12-6-7-16(10-13(12)2)22-9-8-19-17(21)20-15-5-3-4-14(18)11-15/h3-7,10-11H,8-9H2,1-2H3,(H2,19,20,21). The van der Waals surface area contributed by atoms with Crippen molar-refractivity contribution < 1.29 is 13.9 Å². The lowest BCUT2D eigenvalue weighted by atomic mass is 10.1. The van der Waals surface area contributed by atoms with Gasteiger partial charge in [-0.1, -0.05) is 12.1 Å². The Bertz CT molecular complexity index is 659. The molecule has 0 aliphatic carbocycles. The Morgan fingerprint density at radius 1 is 1.14 bits per heavy atom. The van der Waals surface area contributed by atoms with Crippen LogP contribution in [0.2, 0.25) is 0 Å². The van der Waals surface area contributed by atoms with E-state index in [0.29, 0.717) is 18.8 Å². The first kappa shape index (κ1) is 15.8. The molecule has 0 aromatic heterocycles. The van der Waals surface area contributed by atoms with E-state index in [0.717, 1.165) is 11.3 Å². The summed E-state index contributed by atoms with van der Waals surface area (Å²) >= 11 is 0. The second kappa shape index (κ2) is 7.45. The molecule has 0 saturated heterocycles. The number of carbonyl (C=O) groups is 1. The summed E-state index contributed by atoms with van der Waals surface area (Å²) in [6, 6.07) is 11.2. The fourth-order valence-electron chi connectivity index (χ4n) is 1.88. The predicted molar refractivity (Wildman–Crippen MR) is 84.8 cm³/mol. The third kappa shape index (κ3) is 4.77. The summed E-state index contributed by atoms with van der Waals surface area (Å²) in [7, 11) is 0. The van der Waals surface area contributed by atoms with Gasteiger partial charge in [-0.05, 0) is 55.3 Å². The van der Waals surface area contributed by atoms with Crippen molar-refractivity contribution in [3.8, 4) is 5.75 Å². The number of carbonyl (C=O) groups excluding carboxylic acids is 1. The van der Waals surface area contributed by atoms with E-state index < -0.39 is 11.8 Å². The molecule has 22 heavy (non-hydrogen) atoms. The topological polar surface area (TPSA) is 50.4 Å². The second-order valence-electron chi connectivity index (χ2n) is 4.99. The number of rotatable bonds is 5. The Morgan fingerprint density at radius 2 is 1.95 bits per heavy atom.